The molecule has 1 N–H and O–H groups in total. The van der Waals surface area contributed by atoms with Crippen molar-refractivity contribution in [3.8, 4) is 5.75 Å². The highest BCUT2D eigenvalue weighted by Crippen LogP contribution is 2.45. The first-order chi connectivity index (χ1) is 15.3. The number of hydrogen-bond donors (Lipinski definition) is 1. The van der Waals surface area contributed by atoms with Gasteiger partial charge in [-0.1, -0.05) is 0 Å². The summed E-state index contributed by atoms with van der Waals surface area (Å²) in [4.78, 5) is 28.4. The smallest absolute Gasteiger partial charge is 0.300 e. The predicted octanol–water partition coefficient (Wildman–Crippen LogP) is 5.15. The molecule has 0 aliphatic carbocycles. The summed E-state index contributed by atoms with van der Waals surface area (Å²) in [6.45, 7) is 3.86. The van der Waals surface area contributed by atoms with Crippen molar-refractivity contribution in [2.24, 2.45) is 0 Å². The van der Waals surface area contributed by atoms with E-state index in [4.69, 9.17) is 4.74 Å². The summed E-state index contributed by atoms with van der Waals surface area (Å²) >= 11 is 1.40. The number of anilines is 1. The lowest BCUT2D eigenvalue weighted by atomic mass is 9.97. The van der Waals surface area contributed by atoms with E-state index in [9.17, 15) is 19.1 Å². The normalized spacial score (nSPS) is 21.7. The molecule has 2 atom stereocenters. The Balaban J connectivity index is 1.69. The lowest BCUT2D eigenvalue weighted by Crippen LogP contribution is -2.29. The van der Waals surface area contributed by atoms with Crippen molar-refractivity contribution in [3.05, 3.63) is 86.9 Å². The van der Waals surface area contributed by atoms with Gasteiger partial charge in [0.2, 0.25) is 0 Å². The van der Waals surface area contributed by atoms with Gasteiger partial charge in [0.25, 0.3) is 11.7 Å². The van der Waals surface area contributed by atoms with Gasteiger partial charge in [-0.25, -0.2) is 4.39 Å². The molecule has 0 radical (unpaired) electrons. The van der Waals surface area contributed by atoms with Crippen LogP contribution in [-0.2, 0) is 16.0 Å². The Hall–Kier alpha value is -3.45. The summed E-state index contributed by atoms with van der Waals surface area (Å²) in [5.74, 6) is -1.44. The summed E-state index contributed by atoms with van der Waals surface area (Å²) < 4.78 is 19.2. The number of halogens is 1. The average molecular weight is 450 g/mol. The fourth-order valence-electron chi connectivity index (χ4n) is 4.34. The van der Waals surface area contributed by atoms with Crippen LogP contribution < -0.4 is 9.64 Å². The number of carbonyl (C=O) groups excluding carboxylic acids is 2. The van der Waals surface area contributed by atoms with E-state index >= 15 is 0 Å². The lowest BCUT2D eigenvalue weighted by molar-refractivity contribution is -0.132. The number of aryl methyl sites for hydroxylation is 1. The molecule has 7 heteroatoms. The van der Waals surface area contributed by atoms with E-state index in [0.717, 1.165) is 21.8 Å². The molecular weight excluding hydrogens is 429 g/mol. The van der Waals surface area contributed by atoms with Crippen LogP contribution >= 0.6 is 11.3 Å². The number of fused-ring (bicyclic) bond motifs is 1. The van der Waals surface area contributed by atoms with E-state index in [2.05, 4.69) is 0 Å². The highest BCUT2D eigenvalue weighted by atomic mass is 32.1. The molecule has 2 aliphatic rings. The molecule has 5 rings (SSSR count). The maximum absolute atomic E-state index is 13.5. The highest BCUT2D eigenvalue weighted by molar-refractivity contribution is 7.10. The first-order valence-electron chi connectivity index (χ1n) is 10.3. The van der Waals surface area contributed by atoms with E-state index in [0.29, 0.717) is 17.7 Å². The number of aliphatic hydroxyl groups is 1. The first kappa shape index (κ1) is 20.5. The number of rotatable bonds is 3. The summed E-state index contributed by atoms with van der Waals surface area (Å²) in [5.41, 5.74) is 2.71. The second-order valence-electron chi connectivity index (χ2n) is 8.07. The number of hydrogen-bond acceptors (Lipinski definition) is 5. The van der Waals surface area contributed by atoms with Crippen molar-refractivity contribution in [3.63, 3.8) is 0 Å². The van der Waals surface area contributed by atoms with Gasteiger partial charge >= 0.3 is 0 Å². The lowest BCUT2D eigenvalue weighted by Gasteiger charge is -2.25. The van der Waals surface area contributed by atoms with Crippen LogP contribution in [-0.4, -0.2) is 22.9 Å². The Kier molecular flexibility index (Phi) is 4.86. The zero-order chi connectivity index (χ0) is 22.6. The highest BCUT2D eigenvalue weighted by Gasteiger charge is 2.48. The number of aliphatic hydroxyl groups excluding tert-OH is 1. The van der Waals surface area contributed by atoms with Gasteiger partial charge in [-0.05, 0) is 78.9 Å². The van der Waals surface area contributed by atoms with Gasteiger partial charge in [0.05, 0.1) is 5.57 Å². The third kappa shape index (κ3) is 3.20. The van der Waals surface area contributed by atoms with Gasteiger partial charge in [0.1, 0.15) is 29.5 Å². The van der Waals surface area contributed by atoms with Crippen molar-refractivity contribution >= 4 is 34.5 Å². The van der Waals surface area contributed by atoms with E-state index in [1.54, 1.807) is 18.2 Å². The van der Waals surface area contributed by atoms with Gasteiger partial charge in [0, 0.05) is 22.5 Å². The molecular formula is C25H20FNO4S. The number of ether oxygens (including phenoxy) is 1. The molecule has 1 aromatic heterocycles. The minimum absolute atomic E-state index is 0.0248. The van der Waals surface area contributed by atoms with Crippen LogP contribution in [0.1, 0.15) is 34.5 Å². The van der Waals surface area contributed by atoms with Gasteiger partial charge in [-0.3, -0.25) is 14.5 Å². The molecule has 2 aromatic carbocycles. The van der Waals surface area contributed by atoms with Crippen molar-refractivity contribution in [2.75, 3.05) is 4.90 Å². The Morgan fingerprint density at radius 2 is 1.91 bits per heavy atom. The van der Waals surface area contributed by atoms with Gasteiger partial charge in [0.15, 0.2) is 0 Å². The number of carbonyl (C=O) groups is 2. The Morgan fingerprint density at radius 3 is 2.59 bits per heavy atom. The van der Waals surface area contributed by atoms with Crippen LogP contribution in [0.5, 0.6) is 5.75 Å². The second kappa shape index (κ2) is 7.60. The van der Waals surface area contributed by atoms with Crippen LogP contribution in [0.15, 0.2) is 59.5 Å². The predicted molar refractivity (Wildman–Crippen MR) is 120 cm³/mol. The van der Waals surface area contributed by atoms with Gasteiger partial charge in [-0.2, -0.15) is 0 Å². The SMILES string of the molecule is Cc1ccsc1C1/C(=C(/O)c2ccc3c(c2)CC(C)O3)C(=O)C(=O)N1c1ccc(F)cc1. The Morgan fingerprint density at radius 1 is 1.16 bits per heavy atom. The third-order valence-corrected chi connectivity index (χ3v) is 6.94. The summed E-state index contributed by atoms with van der Waals surface area (Å²) in [5, 5.41) is 13.1. The van der Waals surface area contributed by atoms with E-state index in [1.165, 1.54) is 40.5 Å². The molecule has 3 heterocycles. The number of Topliss-reactive ketones (excluding diaryl/α,β-unsaturated/α-hetero) is 1. The molecule has 0 spiro atoms. The summed E-state index contributed by atoms with van der Waals surface area (Å²) in [6, 6.07) is 11.8. The maximum atomic E-state index is 13.5. The Bertz CT molecular complexity index is 1280. The summed E-state index contributed by atoms with van der Waals surface area (Å²) in [6.07, 6.45) is 0.744. The van der Waals surface area contributed by atoms with Gasteiger partial charge < -0.3 is 9.84 Å². The topological polar surface area (TPSA) is 66.8 Å². The van der Waals surface area contributed by atoms with Crippen molar-refractivity contribution in [1.82, 2.24) is 0 Å². The molecule has 162 valence electrons. The zero-order valence-electron chi connectivity index (χ0n) is 17.5. The molecule has 32 heavy (non-hydrogen) atoms. The zero-order valence-corrected chi connectivity index (χ0v) is 18.3. The molecule has 5 nitrogen and oxygen atoms in total. The second-order valence-corrected chi connectivity index (χ2v) is 9.02. The number of ketones is 1. The fraction of sp³-hybridized carbons (Fsp3) is 0.200. The molecule has 1 fully saturated rings. The molecule has 3 aromatic rings. The van der Waals surface area contributed by atoms with Crippen LogP contribution in [0.25, 0.3) is 5.76 Å². The molecule has 0 bridgehead atoms. The van der Waals surface area contributed by atoms with Crippen LogP contribution in [0, 0.1) is 12.7 Å². The number of amides is 1. The minimum atomic E-state index is -0.802. The van der Waals surface area contributed by atoms with Crippen LogP contribution in [0.2, 0.25) is 0 Å². The van der Waals surface area contributed by atoms with Crippen LogP contribution in [0.4, 0.5) is 10.1 Å². The quantitative estimate of drug-likeness (QED) is 0.341. The summed E-state index contributed by atoms with van der Waals surface area (Å²) in [7, 11) is 0. The molecule has 2 aliphatic heterocycles. The molecule has 0 saturated carbocycles. The third-order valence-electron chi connectivity index (χ3n) is 5.87. The van der Waals surface area contributed by atoms with Gasteiger partial charge in [-0.15, -0.1) is 11.3 Å². The Labute approximate surface area is 188 Å². The largest absolute Gasteiger partial charge is 0.507 e. The van der Waals surface area contributed by atoms with Crippen molar-refractivity contribution in [2.45, 2.75) is 32.4 Å². The molecule has 2 unspecified atom stereocenters. The van der Waals surface area contributed by atoms with Crippen molar-refractivity contribution in [1.29, 1.82) is 0 Å². The van der Waals surface area contributed by atoms with E-state index in [1.807, 2.05) is 25.3 Å². The first-order valence-corrected chi connectivity index (χ1v) is 11.1. The van der Waals surface area contributed by atoms with E-state index in [-0.39, 0.29) is 17.4 Å². The average Bonchev–Trinajstić information content (AvgIpc) is 3.43. The monoisotopic (exact) mass is 449 g/mol. The van der Waals surface area contributed by atoms with Crippen molar-refractivity contribution < 1.29 is 23.8 Å². The minimum Gasteiger partial charge on any atom is -0.507 e. The maximum Gasteiger partial charge on any atom is 0.300 e. The molecule has 1 saturated heterocycles. The molecule has 1 amide bonds. The van der Waals surface area contributed by atoms with E-state index < -0.39 is 23.5 Å². The van der Waals surface area contributed by atoms with Crippen LogP contribution in [0.3, 0.4) is 0 Å². The number of thiophene rings is 1. The number of benzene rings is 2. The fourth-order valence-corrected chi connectivity index (χ4v) is 5.36. The number of nitrogens with zero attached hydrogens (tertiary/aromatic N) is 1. The standard InChI is InChI=1S/C25H20FNO4S/c1-13-9-10-32-24(13)21-20(22(28)15-3-8-19-16(12-15)11-14(2)31-19)23(29)25(30)27(21)18-6-4-17(26)5-7-18/h3-10,12,14,21,28H,11H2,1-2H3/b22-20-.